The van der Waals surface area contributed by atoms with E-state index in [9.17, 15) is 0 Å². The van der Waals surface area contributed by atoms with Crippen molar-refractivity contribution >= 4 is 0 Å². The van der Waals surface area contributed by atoms with Gasteiger partial charge in [-0.3, -0.25) is 4.90 Å². The Morgan fingerprint density at radius 1 is 1.20 bits per heavy atom. The van der Waals surface area contributed by atoms with Gasteiger partial charge in [-0.15, -0.1) is 0 Å². The van der Waals surface area contributed by atoms with Gasteiger partial charge in [0.1, 0.15) is 5.82 Å². The minimum Gasteiger partial charge on any atom is -0.337 e. The first kappa shape index (κ1) is 14.8. The van der Waals surface area contributed by atoms with E-state index >= 15 is 0 Å². The monoisotopic (exact) mass is 271 g/mol. The zero-order valence-electron chi connectivity index (χ0n) is 13.0. The van der Waals surface area contributed by atoms with Crippen LogP contribution in [0.5, 0.6) is 0 Å². The standard InChI is InChI=1S/C17H25N3/c1-5-15(3)20(13-17-18-10-11-19(17)4)12-16-8-6-14(2)7-9-16/h6-11,15H,5,12-13H2,1-4H3. The molecule has 0 aliphatic carbocycles. The van der Waals surface area contributed by atoms with Crippen LogP contribution in [0.15, 0.2) is 36.7 Å². The first-order chi connectivity index (χ1) is 9.60. The van der Waals surface area contributed by atoms with Gasteiger partial charge in [0, 0.05) is 32.0 Å². The molecule has 1 aromatic heterocycles. The zero-order valence-corrected chi connectivity index (χ0v) is 13.0. The second kappa shape index (κ2) is 6.71. The summed E-state index contributed by atoms with van der Waals surface area (Å²) in [5.41, 5.74) is 2.68. The van der Waals surface area contributed by atoms with Crippen molar-refractivity contribution in [1.82, 2.24) is 14.5 Å². The molecular formula is C17H25N3. The van der Waals surface area contributed by atoms with Gasteiger partial charge < -0.3 is 4.57 Å². The fourth-order valence-corrected chi connectivity index (χ4v) is 2.28. The molecule has 20 heavy (non-hydrogen) atoms. The van der Waals surface area contributed by atoms with E-state index < -0.39 is 0 Å². The number of imidazole rings is 1. The van der Waals surface area contributed by atoms with Gasteiger partial charge in [0.15, 0.2) is 0 Å². The van der Waals surface area contributed by atoms with Crippen LogP contribution in [0.2, 0.25) is 0 Å². The molecular weight excluding hydrogens is 246 g/mol. The summed E-state index contributed by atoms with van der Waals surface area (Å²) in [7, 11) is 2.06. The molecule has 0 fully saturated rings. The van der Waals surface area contributed by atoms with Gasteiger partial charge in [-0.25, -0.2) is 4.98 Å². The largest absolute Gasteiger partial charge is 0.337 e. The Morgan fingerprint density at radius 2 is 1.90 bits per heavy atom. The predicted molar refractivity (Wildman–Crippen MR) is 83.4 cm³/mol. The van der Waals surface area contributed by atoms with Gasteiger partial charge in [-0.2, -0.15) is 0 Å². The lowest BCUT2D eigenvalue weighted by Gasteiger charge is -2.28. The summed E-state index contributed by atoms with van der Waals surface area (Å²) in [6, 6.07) is 9.37. The van der Waals surface area contributed by atoms with Gasteiger partial charge in [0.25, 0.3) is 0 Å². The molecule has 108 valence electrons. The molecule has 0 saturated heterocycles. The molecule has 3 heteroatoms. The van der Waals surface area contributed by atoms with E-state index in [1.165, 1.54) is 11.1 Å². The SMILES string of the molecule is CCC(C)N(Cc1ccc(C)cc1)Cc1nccn1C. The molecule has 1 aromatic carbocycles. The average molecular weight is 271 g/mol. The molecule has 0 spiro atoms. The van der Waals surface area contributed by atoms with Gasteiger partial charge >= 0.3 is 0 Å². The van der Waals surface area contributed by atoms with Crippen molar-refractivity contribution in [1.29, 1.82) is 0 Å². The number of hydrogen-bond donors (Lipinski definition) is 0. The third-order valence-corrected chi connectivity index (χ3v) is 3.99. The number of nitrogens with zero attached hydrogens (tertiary/aromatic N) is 3. The van der Waals surface area contributed by atoms with E-state index in [1.807, 2.05) is 12.4 Å². The molecule has 3 nitrogen and oxygen atoms in total. The summed E-state index contributed by atoms with van der Waals surface area (Å²) >= 11 is 0. The third kappa shape index (κ3) is 3.70. The van der Waals surface area contributed by atoms with E-state index in [-0.39, 0.29) is 0 Å². The Bertz CT molecular complexity index is 527. The topological polar surface area (TPSA) is 21.1 Å². The van der Waals surface area contributed by atoms with Gasteiger partial charge in [-0.05, 0) is 25.8 Å². The second-order valence-corrected chi connectivity index (χ2v) is 5.60. The summed E-state index contributed by atoms with van der Waals surface area (Å²) in [5.74, 6) is 1.12. The lowest BCUT2D eigenvalue weighted by Crippen LogP contribution is -2.32. The van der Waals surface area contributed by atoms with Crippen LogP contribution in [0, 0.1) is 6.92 Å². The minimum absolute atomic E-state index is 0.549. The summed E-state index contributed by atoms with van der Waals surface area (Å²) in [6.07, 6.45) is 5.03. The molecule has 0 bridgehead atoms. The number of aryl methyl sites for hydroxylation is 2. The van der Waals surface area contributed by atoms with Crippen molar-refractivity contribution < 1.29 is 0 Å². The van der Waals surface area contributed by atoms with Crippen LogP contribution in [-0.2, 0) is 20.1 Å². The molecule has 0 N–H and O–H groups in total. The molecule has 0 aliphatic heterocycles. The fourth-order valence-electron chi connectivity index (χ4n) is 2.28. The van der Waals surface area contributed by atoms with Crippen molar-refractivity contribution in [2.24, 2.45) is 7.05 Å². The highest BCUT2D eigenvalue weighted by Gasteiger charge is 2.15. The van der Waals surface area contributed by atoms with Crippen molar-refractivity contribution in [2.75, 3.05) is 0 Å². The van der Waals surface area contributed by atoms with Gasteiger partial charge in [0.05, 0.1) is 6.54 Å². The first-order valence-corrected chi connectivity index (χ1v) is 7.36. The molecule has 2 aromatic rings. The number of aromatic nitrogens is 2. The van der Waals surface area contributed by atoms with Crippen LogP contribution in [0.1, 0.15) is 37.2 Å². The highest BCUT2D eigenvalue weighted by Crippen LogP contribution is 2.14. The number of benzene rings is 1. The minimum atomic E-state index is 0.549. The van der Waals surface area contributed by atoms with Crippen molar-refractivity contribution in [3.05, 3.63) is 53.6 Å². The van der Waals surface area contributed by atoms with Gasteiger partial charge in [-0.1, -0.05) is 36.8 Å². The van der Waals surface area contributed by atoms with Gasteiger partial charge in [0.2, 0.25) is 0 Å². The Hall–Kier alpha value is -1.61. The van der Waals surface area contributed by atoms with Crippen LogP contribution in [0.4, 0.5) is 0 Å². The van der Waals surface area contributed by atoms with Crippen molar-refractivity contribution in [3.8, 4) is 0 Å². The van der Waals surface area contributed by atoms with Crippen LogP contribution in [0.3, 0.4) is 0 Å². The summed E-state index contributed by atoms with van der Waals surface area (Å²) in [5, 5.41) is 0. The molecule has 0 amide bonds. The van der Waals surface area contributed by atoms with E-state index in [0.29, 0.717) is 6.04 Å². The number of rotatable bonds is 6. The quantitative estimate of drug-likeness (QED) is 0.801. The molecule has 1 atom stereocenters. The van der Waals surface area contributed by atoms with E-state index in [2.05, 4.69) is 66.5 Å². The lowest BCUT2D eigenvalue weighted by molar-refractivity contribution is 0.179. The maximum Gasteiger partial charge on any atom is 0.122 e. The normalized spacial score (nSPS) is 12.8. The summed E-state index contributed by atoms with van der Waals surface area (Å²) < 4.78 is 2.10. The van der Waals surface area contributed by atoms with Crippen LogP contribution in [-0.4, -0.2) is 20.5 Å². The molecule has 0 aliphatic rings. The summed E-state index contributed by atoms with van der Waals surface area (Å²) in [6.45, 7) is 8.53. The Kier molecular flexibility index (Phi) is 4.96. The molecule has 1 unspecified atom stereocenters. The van der Waals surface area contributed by atoms with Crippen molar-refractivity contribution in [2.45, 2.75) is 46.3 Å². The number of hydrogen-bond acceptors (Lipinski definition) is 2. The Labute approximate surface area is 122 Å². The highest BCUT2D eigenvalue weighted by molar-refractivity contribution is 5.21. The second-order valence-electron chi connectivity index (χ2n) is 5.60. The maximum atomic E-state index is 4.45. The van der Waals surface area contributed by atoms with E-state index in [0.717, 1.165) is 25.3 Å². The Morgan fingerprint density at radius 3 is 2.45 bits per heavy atom. The maximum absolute atomic E-state index is 4.45. The lowest BCUT2D eigenvalue weighted by atomic mass is 10.1. The molecule has 0 saturated carbocycles. The molecule has 1 heterocycles. The predicted octanol–water partition coefficient (Wildman–Crippen LogP) is 3.53. The van der Waals surface area contributed by atoms with E-state index in [4.69, 9.17) is 0 Å². The summed E-state index contributed by atoms with van der Waals surface area (Å²) in [4.78, 5) is 6.94. The van der Waals surface area contributed by atoms with Crippen LogP contribution >= 0.6 is 0 Å². The average Bonchev–Trinajstić information content (AvgIpc) is 2.85. The smallest absolute Gasteiger partial charge is 0.122 e. The van der Waals surface area contributed by atoms with Crippen LogP contribution in [0.25, 0.3) is 0 Å². The molecule has 2 rings (SSSR count). The third-order valence-electron chi connectivity index (χ3n) is 3.99. The zero-order chi connectivity index (χ0) is 14.5. The van der Waals surface area contributed by atoms with Crippen molar-refractivity contribution in [3.63, 3.8) is 0 Å². The first-order valence-electron chi connectivity index (χ1n) is 7.36. The van der Waals surface area contributed by atoms with Crippen LogP contribution < -0.4 is 0 Å². The Balaban J connectivity index is 2.11. The van der Waals surface area contributed by atoms with E-state index in [1.54, 1.807) is 0 Å². The fraction of sp³-hybridized carbons (Fsp3) is 0.471. The molecule has 0 radical (unpaired) electrons. The highest BCUT2D eigenvalue weighted by atomic mass is 15.2.